The molecule has 13 rings (SSSR count). The Labute approximate surface area is 345 Å². The van der Waals surface area contributed by atoms with E-state index in [1.807, 2.05) is 0 Å². The molecule has 60 heavy (non-hydrogen) atoms. The van der Waals surface area contributed by atoms with Crippen LogP contribution in [0.1, 0.15) is 0 Å². The van der Waals surface area contributed by atoms with Gasteiger partial charge in [-0.3, -0.25) is 0 Å². The molecule has 278 valence electrons. The fourth-order valence-electron chi connectivity index (χ4n) is 10.00. The highest BCUT2D eigenvalue weighted by atomic mass is 15.0. The van der Waals surface area contributed by atoms with Gasteiger partial charge in [0.1, 0.15) is 0 Å². The minimum atomic E-state index is 0.710. The van der Waals surface area contributed by atoms with Gasteiger partial charge in [0, 0.05) is 55.2 Å². The van der Waals surface area contributed by atoms with Crippen molar-refractivity contribution in [3.63, 3.8) is 0 Å². The molecule has 0 saturated carbocycles. The summed E-state index contributed by atoms with van der Waals surface area (Å²) in [5, 5.41) is 7.40. The summed E-state index contributed by atoms with van der Waals surface area (Å²) in [4.78, 5) is 10.8. The number of nitrogens with zero attached hydrogens (tertiary/aromatic N) is 4. The fraction of sp³-hybridized carbons (Fsp3) is 0. The zero-order valence-corrected chi connectivity index (χ0v) is 32.4. The summed E-state index contributed by atoms with van der Waals surface area (Å²) in [5.74, 6) is 0.710. The van der Waals surface area contributed by atoms with Crippen LogP contribution in [0.2, 0.25) is 0 Å². The van der Waals surface area contributed by atoms with Crippen LogP contribution >= 0.6 is 0 Å². The molecular weight excluding hydrogens is 729 g/mol. The zero-order valence-electron chi connectivity index (χ0n) is 32.4. The molecule has 0 unspecified atom stereocenters. The maximum Gasteiger partial charge on any atom is 0.160 e. The molecule has 0 spiro atoms. The summed E-state index contributed by atoms with van der Waals surface area (Å²) in [6, 6.07) is 74.2. The Bertz CT molecular complexity index is 3700. The van der Waals surface area contributed by atoms with Gasteiger partial charge in [-0.2, -0.15) is 0 Å². The first-order valence-corrected chi connectivity index (χ1v) is 20.5. The third kappa shape index (κ3) is 4.67. The number of hydrogen-bond donors (Lipinski definition) is 0. The molecule has 1 aliphatic carbocycles. The maximum atomic E-state index is 5.41. The van der Waals surface area contributed by atoms with Crippen LogP contribution in [0, 0.1) is 0 Å². The summed E-state index contributed by atoms with van der Waals surface area (Å²) in [6.07, 6.45) is 0. The first kappa shape index (κ1) is 32.9. The van der Waals surface area contributed by atoms with E-state index in [9.17, 15) is 0 Å². The Balaban J connectivity index is 1.03. The van der Waals surface area contributed by atoms with Gasteiger partial charge in [0.2, 0.25) is 0 Å². The van der Waals surface area contributed by atoms with Gasteiger partial charge in [-0.15, -0.1) is 0 Å². The summed E-state index contributed by atoms with van der Waals surface area (Å²) < 4.78 is 4.81. The van der Waals surface area contributed by atoms with Crippen LogP contribution in [0.3, 0.4) is 0 Å². The Kier molecular flexibility index (Phi) is 6.98. The second kappa shape index (κ2) is 12.7. The number of rotatable bonds is 5. The third-order valence-corrected chi connectivity index (χ3v) is 12.4. The SMILES string of the molecule is c1ccc(-c2nc(-c3cccc(-n4c5ccccc5c5c(-c6cccc7c6c6ccccc6n7-c6ccccc6)cccc54)c3)nc3c2-c2cccc4cccc-3c24)cc1. The van der Waals surface area contributed by atoms with Crippen LogP contribution in [0.4, 0.5) is 0 Å². The number of fused-ring (bicyclic) bond motifs is 9. The van der Waals surface area contributed by atoms with Crippen molar-refractivity contribution in [1.29, 1.82) is 0 Å². The van der Waals surface area contributed by atoms with E-state index in [0.717, 1.165) is 56.0 Å². The van der Waals surface area contributed by atoms with Crippen LogP contribution in [0.25, 0.3) is 122 Å². The quantitative estimate of drug-likeness (QED) is 0.175. The Morgan fingerprint density at radius 2 is 0.800 bits per heavy atom. The molecule has 9 aromatic carbocycles. The molecule has 4 heteroatoms. The van der Waals surface area contributed by atoms with E-state index in [0.29, 0.717) is 5.82 Å². The Morgan fingerprint density at radius 1 is 0.317 bits per heavy atom. The van der Waals surface area contributed by atoms with Gasteiger partial charge in [0.15, 0.2) is 5.82 Å². The predicted octanol–water partition coefficient (Wildman–Crippen LogP) is 14.5. The number of hydrogen-bond acceptors (Lipinski definition) is 2. The summed E-state index contributed by atoms with van der Waals surface area (Å²) >= 11 is 0. The molecule has 0 fully saturated rings. The highest BCUT2D eigenvalue weighted by Gasteiger charge is 2.28. The van der Waals surface area contributed by atoms with Gasteiger partial charge >= 0.3 is 0 Å². The molecule has 3 aromatic heterocycles. The first-order chi connectivity index (χ1) is 29.8. The topological polar surface area (TPSA) is 35.6 Å². The van der Waals surface area contributed by atoms with Crippen molar-refractivity contribution < 1.29 is 0 Å². The van der Waals surface area contributed by atoms with Crippen molar-refractivity contribution in [3.8, 4) is 67.5 Å². The minimum absolute atomic E-state index is 0.710. The molecule has 0 amide bonds. The molecular formula is C56H34N4. The van der Waals surface area contributed by atoms with Crippen LogP contribution < -0.4 is 0 Å². The van der Waals surface area contributed by atoms with Crippen molar-refractivity contribution in [1.82, 2.24) is 19.1 Å². The van der Waals surface area contributed by atoms with Crippen molar-refractivity contribution in [2.45, 2.75) is 0 Å². The Hall–Kier alpha value is -8.08. The second-order valence-electron chi connectivity index (χ2n) is 15.7. The largest absolute Gasteiger partial charge is 0.309 e. The standard InChI is InChI=1S/C56H34N4/c1-3-16-36(17-4-1)54-53-44-28-12-18-35-19-13-29-45(50(35)44)55(53)58-56(57-54)37-20-11-23-39(34-37)60-47-31-10-8-25-43(47)52-41(27-15-33-49(52)60)40-26-14-32-48-51(40)42-24-7-9-30-46(42)59(48)38-21-5-2-6-22-38/h1-34H. The molecule has 12 aromatic rings. The third-order valence-electron chi connectivity index (χ3n) is 12.4. The molecule has 3 heterocycles. The molecule has 1 aliphatic rings. The first-order valence-electron chi connectivity index (χ1n) is 20.5. The van der Waals surface area contributed by atoms with Gasteiger partial charge in [0.05, 0.1) is 33.5 Å². The van der Waals surface area contributed by atoms with Gasteiger partial charge in [-0.05, 0) is 76.0 Å². The van der Waals surface area contributed by atoms with Crippen LogP contribution in [-0.4, -0.2) is 19.1 Å². The van der Waals surface area contributed by atoms with Gasteiger partial charge in [-0.25, -0.2) is 9.97 Å². The average Bonchev–Trinajstić information content (AvgIpc) is 3.96. The summed E-state index contributed by atoms with van der Waals surface area (Å²) in [7, 11) is 0. The lowest BCUT2D eigenvalue weighted by Crippen LogP contribution is -1.99. The number of aromatic nitrogens is 4. The molecule has 4 nitrogen and oxygen atoms in total. The minimum Gasteiger partial charge on any atom is -0.309 e. The lowest BCUT2D eigenvalue weighted by atomic mass is 9.95. The molecule has 0 saturated heterocycles. The van der Waals surface area contributed by atoms with E-state index < -0.39 is 0 Å². The lowest BCUT2D eigenvalue weighted by Gasteiger charge is -2.14. The monoisotopic (exact) mass is 762 g/mol. The average molecular weight is 763 g/mol. The van der Waals surface area contributed by atoms with Crippen LogP contribution in [0.15, 0.2) is 206 Å². The van der Waals surface area contributed by atoms with Crippen molar-refractivity contribution >= 4 is 54.4 Å². The van der Waals surface area contributed by atoms with Gasteiger partial charge < -0.3 is 9.13 Å². The molecule has 0 bridgehead atoms. The van der Waals surface area contributed by atoms with Gasteiger partial charge in [-0.1, -0.05) is 158 Å². The highest BCUT2D eigenvalue weighted by molar-refractivity contribution is 6.22. The molecule has 0 aliphatic heterocycles. The normalized spacial score (nSPS) is 12.0. The van der Waals surface area contributed by atoms with Gasteiger partial charge in [0.25, 0.3) is 0 Å². The van der Waals surface area contributed by atoms with E-state index in [1.165, 1.54) is 60.0 Å². The lowest BCUT2D eigenvalue weighted by molar-refractivity contribution is 1.16. The van der Waals surface area contributed by atoms with Crippen LogP contribution in [-0.2, 0) is 0 Å². The van der Waals surface area contributed by atoms with E-state index in [1.54, 1.807) is 0 Å². The van der Waals surface area contributed by atoms with E-state index in [2.05, 4.69) is 215 Å². The smallest absolute Gasteiger partial charge is 0.160 e. The second-order valence-corrected chi connectivity index (χ2v) is 15.7. The van der Waals surface area contributed by atoms with Crippen LogP contribution in [0.5, 0.6) is 0 Å². The highest BCUT2D eigenvalue weighted by Crippen LogP contribution is 2.50. The van der Waals surface area contributed by atoms with Crippen molar-refractivity contribution in [2.24, 2.45) is 0 Å². The maximum absolute atomic E-state index is 5.41. The fourth-order valence-corrected chi connectivity index (χ4v) is 10.00. The van der Waals surface area contributed by atoms with Crippen molar-refractivity contribution in [2.75, 3.05) is 0 Å². The number of para-hydroxylation sites is 3. The van der Waals surface area contributed by atoms with E-state index >= 15 is 0 Å². The van der Waals surface area contributed by atoms with E-state index in [4.69, 9.17) is 9.97 Å². The number of benzene rings is 9. The zero-order chi connectivity index (χ0) is 39.3. The Morgan fingerprint density at radius 3 is 1.48 bits per heavy atom. The molecule has 0 atom stereocenters. The predicted molar refractivity (Wildman–Crippen MR) is 249 cm³/mol. The molecule has 0 radical (unpaired) electrons. The summed E-state index contributed by atoms with van der Waals surface area (Å²) in [6.45, 7) is 0. The summed E-state index contributed by atoms with van der Waals surface area (Å²) in [5.41, 5.74) is 16.8. The van der Waals surface area contributed by atoms with Crippen molar-refractivity contribution in [3.05, 3.63) is 206 Å². The van der Waals surface area contributed by atoms with E-state index in [-0.39, 0.29) is 0 Å². The molecule has 0 N–H and O–H groups in total.